The molecule has 168 valence electrons. The highest BCUT2D eigenvalue weighted by Crippen LogP contribution is 2.47. The number of benzene rings is 1. The molecule has 0 fully saturated rings. The van der Waals surface area contributed by atoms with Crippen LogP contribution in [0.25, 0.3) is 0 Å². The number of thiophene rings is 1. The number of Topliss-reactive ketones (excluding diaryl/α,β-unsaturated/α-hetero) is 1. The van der Waals surface area contributed by atoms with Gasteiger partial charge in [0, 0.05) is 46.1 Å². The second-order valence-corrected chi connectivity index (χ2v) is 9.72. The molecule has 2 aromatic rings. The third-order valence-corrected chi connectivity index (χ3v) is 7.30. The lowest BCUT2D eigenvalue weighted by Gasteiger charge is -2.39. The first-order valence-corrected chi connectivity index (χ1v) is 11.9. The highest BCUT2D eigenvalue weighted by Gasteiger charge is 2.46. The van der Waals surface area contributed by atoms with Crippen LogP contribution >= 0.6 is 27.3 Å². The number of nitrogens with one attached hydrogen (secondary N) is 1. The summed E-state index contributed by atoms with van der Waals surface area (Å²) in [7, 11) is 1.52. The van der Waals surface area contributed by atoms with Crippen LogP contribution in [0.15, 0.2) is 63.2 Å². The molecule has 32 heavy (non-hydrogen) atoms. The third kappa shape index (κ3) is 4.44. The Morgan fingerprint density at radius 1 is 1.28 bits per heavy atom. The quantitative estimate of drug-likeness (QED) is 0.427. The Hall–Kier alpha value is -2.29. The maximum Gasteiger partial charge on any atom is 0.336 e. The van der Waals surface area contributed by atoms with Crippen molar-refractivity contribution < 1.29 is 23.5 Å². The first kappa shape index (κ1) is 22.9. The number of allylic oxidation sites excluding steroid dienone is 3. The lowest BCUT2D eigenvalue weighted by molar-refractivity contribution is -0.141. The summed E-state index contributed by atoms with van der Waals surface area (Å²) < 4.78 is 26.1. The van der Waals surface area contributed by atoms with Gasteiger partial charge in [0.15, 0.2) is 0 Å². The van der Waals surface area contributed by atoms with Gasteiger partial charge in [-0.3, -0.25) is 4.79 Å². The molecule has 3 unspecified atom stereocenters. The number of ketones is 1. The normalized spacial score (nSPS) is 22.8. The van der Waals surface area contributed by atoms with Crippen molar-refractivity contribution in [3.63, 3.8) is 0 Å². The van der Waals surface area contributed by atoms with Gasteiger partial charge in [-0.2, -0.15) is 0 Å². The zero-order chi connectivity index (χ0) is 22.8. The van der Waals surface area contributed by atoms with Crippen molar-refractivity contribution in [2.75, 3.05) is 20.3 Å². The standard InChI is InChI=1S/C24H23BrFNO4S/c1-13-21(24(29)31-8-7-30-2)22(16-12-15(25)5-6-17(16)26)23-18(27-13)10-14(11-19(23)28)20-4-3-9-32-20/h3-6,9-10,12,14,22-23,27H,7-8,11H2,1-2H3. The van der Waals surface area contributed by atoms with Crippen molar-refractivity contribution in [1.29, 1.82) is 0 Å². The van der Waals surface area contributed by atoms with Crippen molar-refractivity contribution in [3.8, 4) is 0 Å². The van der Waals surface area contributed by atoms with Crippen molar-refractivity contribution in [1.82, 2.24) is 5.32 Å². The Morgan fingerprint density at radius 3 is 2.81 bits per heavy atom. The molecule has 8 heteroatoms. The number of carbonyl (C=O) groups excluding carboxylic acids is 2. The second-order valence-electron chi connectivity index (χ2n) is 7.83. The Labute approximate surface area is 198 Å². The minimum Gasteiger partial charge on any atom is -0.460 e. The van der Waals surface area contributed by atoms with Crippen LogP contribution in [0.4, 0.5) is 4.39 Å². The van der Waals surface area contributed by atoms with Crippen molar-refractivity contribution in [2.45, 2.75) is 25.2 Å². The van der Waals surface area contributed by atoms with E-state index in [2.05, 4.69) is 21.2 Å². The number of halogens is 2. The van der Waals surface area contributed by atoms with E-state index in [-0.39, 0.29) is 36.1 Å². The number of rotatable bonds is 6. The Morgan fingerprint density at radius 2 is 2.09 bits per heavy atom. The molecule has 1 aliphatic carbocycles. The van der Waals surface area contributed by atoms with E-state index in [4.69, 9.17) is 9.47 Å². The van der Waals surface area contributed by atoms with Crippen LogP contribution in [-0.4, -0.2) is 32.1 Å². The smallest absolute Gasteiger partial charge is 0.336 e. The van der Waals surface area contributed by atoms with Crippen molar-refractivity contribution >= 4 is 39.0 Å². The number of fused-ring (bicyclic) bond motifs is 1. The second kappa shape index (κ2) is 9.68. The number of ether oxygens (including phenoxy) is 2. The molecular weight excluding hydrogens is 497 g/mol. The van der Waals surface area contributed by atoms with E-state index >= 15 is 4.39 Å². The number of esters is 1. The Bertz CT molecular complexity index is 1100. The number of methoxy groups -OCH3 is 1. The summed E-state index contributed by atoms with van der Waals surface area (Å²) in [6, 6.07) is 8.55. The predicted octanol–water partition coefficient (Wildman–Crippen LogP) is 5.06. The van der Waals surface area contributed by atoms with Gasteiger partial charge in [0.2, 0.25) is 0 Å². The van der Waals surface area contributed by atoms with E-state index in [1.807, 2.05) is 23.6 Å². The summed E-state index contributed by atoms with van der Waals surface area (Å²) in [5.74, 6) is -2.61. The highest BCUT2D eigenvalue weighted by atomic mass is 79.9. The molecule has 3 atom stereocenters. The van der Waals surface area contributed by atoms with E-state index in [0.29, 0.717) is 22.3 Å². The molecule has 0 spiro atoms. The molecule has 5 nitrogen and oxygen atoms in total. The molecular formula is C24H23BrFNO4S. The van der Waals surface area contributed by atoms with Crippen molar-refractivity contribution in [3.05, 3.63) is 79.5 Å². The van der Waals surface area contributed by atoms with Gasteiger partial charge < -0.3 is 14.8 Å². The Kier molecular flexibility index (Phi) is 6.93. The molecule has 1 N–H and O–H groups in total. The van der Waals surface area contributed by atoms with Gasteiger partial charge in [0.1, 0.15) is 18.2 Å². The van der Waals surface area contributed by atoms with Crippen LogP contribution in [0.1, 0.15) is 35.6 Å². The van der Waals surface area contributed by atoms with Gasteiger partial charge in [-0.15, -0.1) is 11.3 Å². The van der Waals surface area contributed by atoms with Crippen LogP contribution in [0, 0.1) is 11.7 Å². The van der Waals surface area contributed by atoms with Crippen LogP contribution in [0.3, 0.4) is 0 Å². The van der Waals surface area contributed by atoms with E-state index in [1.54, 1.807) is 30.4 Å². The molecule has 1 aliphatic heterocycles. The highest BCUT2D eigenvalue weighted by molar-refractivity contribution is 9.10. The molecule has 2 aliphatic rings. The fourth-order valence-electron chi connectivity index (χ4n) is 4.41. The molecule has 4 rings (SSSR count). The zero-order valence-corrected chi connectivity index (χ0v) is 20.1. The summed E-state index contributed by atoms with van der Waals surface area (Å²) in [5, 5.41) is 5.24. The maximum atomic E-state index is 15.0. The van der Waals surface area contributed by atoms with Crippen LogP contribution < -0.4 is 5.32 Å². The largest absolute Gasteiger partial charge is 0.460 e. The average Bonchev–Trinajstić information content (AvgIpc) is 3.29. The predicted molar refractivity (Wildman–Crippen MR) is 124 cm³/mol. The van der Waals surface area contributed by atoms with Gasteiger partial charge in [-0.05, 0) is 42.1 Å². The minimum absolute atomic E-state index is 0.0348. The minimum atomic E-state index is -0.785. The van der Waals surface area contributed by atoms with Crippen molar-refractivity contribution in [2.24, 2.45) is 5.92 Å². The fourth-order valence-corrected chi connectivity index (χ4v) is 5.59. The third-order valence-electron chi connectivity index (χ3n) is 5.81. The zero-order valence-electron chi connectivity index (χ0n) is 17.7. The SMILES string of the molecule is COCCOC(=O)C1=C(C)NC2=CC(c3cccs3)CC(=O)C2C1c1cc(Br)ccc1F. The first-order chi connectivity index (χ1) is 15.4. The fraction of sp³-hybridized carbons (Fsp3) is 0.333. The van der Waals surface area contributed by atoms with Crippen LogP contribution in [0.2, 0.25) is 0 Å². The van der Waals surface area contributed by atoms with Gasteiger partial charge in [0.05, 0.1) is 18.1 Å². The summed E-state index contributed by atoms with van der Waals surface area (Å²) in [4.78, 5) is 27.6. The van der Waals surface area contributed by atoms with Gasteiger partial charge in [-0.1, -0.05) is 28.1 Å². The number of hydrogen-bond acceptors (Lipinski definition) is 6. The van der Waals surface area contributed by atoms with Gasteiger partial charge in [-0.25, -0.2) is 9.18 Å². The molecule has 0 saturated heterocycles. The summed E-state index contributed by atoms with van der Waals surface area (Å²) in [6.45, 7) is 2.07. The van der Waals surface area contributed by atoms with Crippen LogP contribution in [-0.2, 0) is 19.1 Å². The molecule has 2 heterocycles. The molecule has 0 radical (unpaired) electrons. The molecule has 1 aromatic heterocycles. The first-order valence-electron chi connectivity index (χ1n) is 10.3. The van der Waals surface area contributed by atoms with E-state index in [9.17, 15) is 9.59 Å². The van der Waals surface area contributed by atoms with Gasteiger partial charge in [0.25, 0.3) is 0 Å². The lowest BCUT2D eigenvalue weighted by atomic mass is 9.69. The van der Waals surface area contributed by atoms with E-state index < -0.39 is 23.6 Å². The molecule has 1 aromatic carbocycles. The summed E-state index contributed by atoms with van der Waals surface area (Å²) in [6.07, 6.45) is 2.34. The number of hydrogen-bond donors (Lipinski definition) is 1. The van der Waals surface area contributed by atoms with E-state index in [0.717, 1.165) is 4.88 Å². The monoisotopic (exact) mass is 519 g/mol. The molecule has 0 amide bonds. The summed E-state index contributed by atoms with van der Waals surface area (Å²) >= 11 is 5.00. The maximum absolute atomic E-state index is 15.0. The Balaban J connectivity index is 1.82. The summed E-state index contributed by atoms with van der Waals surface area (Å²) in [5.41, 5.74) is 1.81. The van der Waals surface area contributed by atoms with Crippen LogP contribution in [0.5, 0.6) is 0 Å². The average molecular weight is 520 g/mol. The van der Waals surface area contributed by atoms with E-state index in [1.165, 1.54) is 13.2 Å². The molecule has 0 bridgehead atoms. The topological polar surface area (TPSA) is 64.6 Å². The number of carbonyl (C=O) groups is 2. The van der Waals surface area contributed by atoms with Gasteiger partial charge >= 0.3 is 5.97 Å². The lowest BCUT2D eigenvalue weighted by Crippen LogP contribution is -2.42. The molecule has 0 saturated carbocycles.